The summed E-state index contributed by atoms with van der Waals surface area (Å²) >= 11 is 1.68. The Morgan fingerprint density at radius 3 is 2.50 bits per heavy atom. The number of aryl methyl sites for hydroxylation is 1. The minimum atomic E-state index is -0.938. The molecule has 2 N–H and O–H groups in total. The lowest BCUT2D eigenvalue weighted by Gasteiger charge is -2.09. The van der Waals surface area contributed by atoms with Crippen molar-refractivity contribution in [2.45, 2.75) is 19.8 Å². The Kier molecular flexibility index (Phi) is 5.04. The first-order valence-corrected chi connectivity index (χ1v) is 9.87. The molecule has 0 atom stereocenters. The minimum Gasteiger partial charge on any atom is -0.478 e. The fourth-order valence-corrected chi connectivity index (χ4v) is 3.96. The summed E-state index contributed by atoms with van der Waals surface area (Å²) in [5.41, 5.74) is 2.21. The van der Waals surface area contributed by atoms with Crippen LogP contribution >= 0.6 is 11.3 Å². The number of fused-ring (bicyclic) bond motifs is 1. The van der Waals surface area contributed by atoms with Gasteiger partial charge in [-0.1, -0.05) is 37.3 Å². The number of rotatable bonds is 6. The molecule has 0 aliphatic carbocycles. The third-order valence-corrected chi connectivity index (χ3v) is 5.61. The Hall–Kier alpha value is -3.25. The zero-order valence-corrected chi connectivity index (χ0v) is 16.2. The molecule has 0 bridgehead atoms. The molecule has 0 saturated heterocycles. The lowest BCUT2D eigenvalue weighted by Crippen LogP contribution is -2.02. The molecule has 0 radical (unpaired) electrons. The van der Waals surface area contributed by atoms with Gasteiger partial charge in [-0.05, 0) is 42.3 Å². The molecule has 0 aliphatic heterocycles. The van der Waals surface area contributed by atoms with Crippen molar-refractivity contribution in [2.24, 2.45) is 0 Å². The molecule has 2 aromatic heterocycles. The molecule has 0 saturated carbocycles. The molecule has 0 aliphatic rings. The van der Waals surface area contributed by atoms with Gasteiger partial charge in [-0.25, -0.2) is 14.8 Å². The average Bonchev–Trinajstić information content (AvgIpc) is 3.13. The van der Waals surface area contributed by atoms with Crippen LogP contribution < -0.4 is 5.32 Å². The van der Waals surface area contributed by atoms with E-state index in [9.17, 15) is 4.79 Å². The fraction of sp³-hybridized carbons (Fsp3) is 0.136. The maximum absolute atomic E-state index is 11.1. The number of aromatic carboxylic acids is 1. The SMILES string of the molecule is CCc1cc2c(Nc3ccc(C(=O)O)cc3)nc(Cc3ccccc3)nc2s1. The molecular weight excluding hydrogens is 370 g/mol. The second kappa shape index (κ2) is 7.78. The van der Waals surface area contributed by atoms with Crippen LogP contribution in [0.15, 0.2) is 60.7 Å². The van der Waals surface area contributed by atoms with Crippen LogP contribution in [0.5, 0.6) is 0 Å². The second-order valence-corrected chi connectivity index (χ2v) is 7.56. The number of benzene rings is 2. The van der Waals surface area contributed by atoms with Crippen molar-refractivity contribution in [3.63, 3.8) is 0 Å². The lowest BCUT2D eigenvalue weighted by atomic mass is 10.1. The Morgan fingerprint density at radius 1 is 1.07 bits per heavy atom. The monoisotopic (exact) mass is 389 g/mol. The predicted molar refractivity (Wildman–Crippen MR) is 113 cm³/mol. The number of anilines is 2. The first-order chi connectivity index (χ1) is 13.6. The van der Waals surface area contributed by atoms with Crippen LogP contribution in [0.2, 0.25) is 0 Å². The van der Waals surface area contributed by atoms with Crippen molar-refractivity contribution in [1.82, 2.24) is 9.97 Å². The van der Waals surface area contributed by atoms with Crippen LogP contribution in [0.3, 0.4) is 0 Å². The smallest absolute Gasteiger partial charge is 0.335 e. The number of hydrogen-bond acceptors (Lipinski definition) is 5. The van der Waals surface area contributed by atoms with Crippen molar-refractivity contribution >= 4 is 39.0 Å². The van der Waals surface area contributed by atoms with Crippen LogP contribution in [0.4, 0.5) is 11.5 Å². The van der Waals surface area contributed by atoms with E-state index in [4.69, 9.17) is 15.1 Å². The molecule has 0 fully saturated rings. The molecule has 6 heteroatoms. The van der Waals surface area contributed by atoms with E-state index in [-0.39, 0.29) is 5.56 Å². The largest absolute Gasteiger partial charge is 0.478 e. The van der Waals surface area contributed by atoms with E-state index in [2.05, 4.69) is 30.4 Å². The summed E-state index contributed by atoms with van der Waals surface area (Å²) in [6.45, 7) is 2.13. The molecule has 0 amide bonds. The van der Waals surface area contributed by atoms with Crippen molar-refractivity contribution < 1.29 is 9.90 Å². The summed E-state index contributed by atoms with van der Waals surface area (Å²) in [5, 5.41) is 13.4. The number of hydrogen-bond donors (Lipinski definition) is 2. The van der Waals surface area contributed by atoms with Crippen LogP contribution in [0.25, 0.3) is 10.2 Å². The highest BCUT2D eigenvalue weighted by Gasteiger charge is 2.13. The maximum Gasteiger partial charge on any atom is 0.335 e. The number of carboxylic acids is 1. The van der Waals surface area contributed by atoms with Gasteiger partial charge in [0.05, 0.1) is 10.9 Å². The summed E-state index contributed by atoms with van der Waals surface area (Å²) in [6.07, 6.45) is 1.60. The van der Waals surface area contributed by atoms with Crippen LogP contribution in [-0.2, 0) is 12.8 Å². The summed E-state index contributed by atoms with van der Waals surface area (Å²) in [5.74, 6) is 0.564. The van der Waals surface area contributed by atoms with Crippen LogP contribution in [-0.4, -0.2) is 21.0 Å². The van der Waals surface area contributed by atoms with Gasteiger partial charge in [0.15, 0.2) is 0 Å². The highest BCUT2D eigenvalue weighted by atomic mass is 32.1. The van der Waals surface area contributed by atoms with Gasteiger partial charge < -0.3 is 10.4 Å². The van der Waals surface area contributed by atoms with Gasteiger partial charge in [0, 0.05) is 17.0 Å². The van der Waals surface area contributed by atoms with Crippen molar-refractivity contribution in [2.75, 3.05) is 5.32 Å². The Bertz CT molecular complexity index is 1120. The van der Waals surface area contributed by atoms with Crippen molar-refractivity contribution in [1.29, 1.82) is 0 Å². The van der Waals surface area contributed by atoms with E-state index in [0.717, 1.165) is 39.5 Å². The average molecular weight is 389 g/mol. The number of carbonyl (C=O) groups is 1. The van der Waals surface area contributed by atoms with E-state index in [1.807, 2.05) is 18.2 Å². The van der Waals surface area contributed by atoms with Crippen molar-refractivity contribution in [3.8, 4) is 0 Å². The highest BCUT2D eigenvalue weighted by Crippen LogP contribution is 2.31. The molecule has 4 aromatic rings. The molecule has 5 nitrogen and oxygen atoms in total. The van der Waals surface area contributed by atoms with Gasteiger partial charge in [-0.2, -0.15) is 0 Å². The fourth-order valence-electron chi connectivity index (χ4n) is 2.98. The number of thiophene rings is 1. The van der Waals surface area contributed by atoms with Gasteiger partial charge in [0.1, 0.15) is 16.5 Å². The van der Waals surface area contributed by atoms with E-state index < -0.39 is 5.97 Å². The molecule has 0 spiro atoms. The minimum absolute atomic E-state index is 0.256. The summed E-state index contributed by atoms with van der Waals surface area (Å²) in [7, 11) is 0. The normalized spacial score (nSPS) is 10.9. The Morgan fingerprint density at radius 2 is 1.82 bits per heavy atom. The van der Waals surface area contributed by atoms with E-state index in [1.54, 1.807) is 35.6 Å². The van der Waals surface area contributed by atoms with Crippen molar-refractivity contribution in [3.05, 3.63) is 82.5 Å². The molecule has 140 valence electrons. The second-order valence-electron chi connectivity index (χ2n) is 6.44. The molecule has 4 rings (SSSR count). The lowest BCUT2D eigenvalue weighted by molar-refractivity contribution is 0.0697. The first-order valence-electron chi connectivity index (χ1n) is 9.06. The molecular formula is C22H19N3O2S. The third-order valence-electron chi connectivity index (χ3n) is 4.44. The highest BCUT2D eigenvalue weighted by molar-refractivity contribution is 7.18. The quantitative estimate of drug-likeness (QED) is 0.469. The molecule has 2 aromatic carbocycles. The standard InChI is InChI=1S/C22H19N3O2S/c1-2-17-13-18-20(23-16-10-8-15(9-11-16)22(26)27)24-19(25-21(18)28-17)12-14-6-4-3-5-7-14/h3-11,13H,2,12H2,1H3,(H,26,27)(H,23,24,25). The van der Waals surface area contributed by atoms with Gasteiger partial charge in [0.25, 0.3) is 0 Å². The summed E-state index contributed by atoms with van der Waals surface area (Å²) in [6, 6.07) is 18.9. The Labute approximate surface area is 166 Å². The molecule has 28 heavy (non-hydrogen) atoms. The predicted octanol–water partition coefficient (Wildman–Crippen LogP) is 5.29. The number of nitrogens with one attached hydrogen (secondary N) is 1. The maximum atomic E-state index is 11.1. The van der Waals surface area contributed by atoms with E-state index in [0.29, 0.717) is 6.42 Å². The molecule has 2 heterocycles. The van der Waals surface area contributed by atoms with Crippen LogP contribution in [0, 0.1) is 0 Å². The number of carboxylic acid groups (broad SMARTS) is 1. The van der Waals surface area contributed by atoms with E-state index in [1.165, 1.54) is 4.88 Å². The number of aromatic nitrogens is 2. The summed E-state index contributed by atoms with van der Waals surface area (Å²) < 4.78 is 0. The van der Waals surface area contributed by atoms with Gasteiger partial charge >= 0.3 is 5.97 Å². The first kappa shape index (κ1) is 18.1. The topological polar surface area (TPSA) is 75.1 Å². The zero-order chi connectivity index (χ0) is 19.5. The number of nitrogens with zero attached hydrogens (tertiary/aromatic N) is 2. The van der Waals surface area contributed by atoms with Gasteiger partial charge in [-0.15, -0.1) is 11.3 Å². The van der Waals surface area contributed by atoms with E-state index >= 15 is 0 Å². The zero-order valence-electron chi connectivity index (χ0n) is 15.3. The molecule has 0 unspecified atom stereocenters. The van der Waals surface area contributed by atoms with Gasteiger partial charge in [-0.3, -0.25) is 0 Å². The Balaban J connectivity index is 1.72. The van der Waals surface area contributed by atoms with Gasteiger partial charge in [0.2, 0.25) is 0 Å². The third kappa shape index (κ3) is 3.87. The summed E-state index contributed by atoms with van der Waals surface area (Å²) in [4.78, 5) is 22.8. The van der Waals surface area contributed by atoms with Crippen LogP contribution in [0.1, 0.15) is 33.5 Å².